The van der Waals surface area contributed by atoms with Crippen molar-refractivity contribution in [3.8, 4) is 12.3 Å². The highest BCUT2D eigenvalue weighted by Gasteiger charge is 2.11. The summed E-state index contributed by atoms with van der Waals surface area (Å²) in [5.41, 5.74) is 1.00. The Balaban J connectivity index is 2.85. The van der Waals surface area contributed by atoms with Crippen molar-refractivity contribution in [3.05, 3.63) is 35.1 Å². The van der Waals surface area contributed by atoms with Crippen molar-refractivity contribution in [3.63, 3.8) is 0 Å². The van der Waals surface area contributed by atoms with E-state index in [0.29, 0.717) is 17.5 Å². The van der Waals surface area contributed by atoms with Crippen LogP contribution in [0.4, 0.5) is 4.39 Å². The van der Waals surface area contributed by atoms with Crippen LogP contribution in [0.2, 0.25) is 0 Å². The number of hydrogen-bond acceptors (Lipinski definition) is 1. The Bertz CT molecular complexity index is 414. The van der Waals surface area contributed by atoms with Crippen LogP contribution < -0.4 is 5.32 Å². The van der Waals surface area contributed by atoms with Crippen LogP contribution in [0.5, 0.6) is 0 Å². The normalized spacial score (nSPS) is 11.6. The van der Waals surface area contributed by atoms with Crippen molar-refractivity contribution in [2.24, 2.45) is 0 Å². The van der Waals surface area contributed by atoms with E-state index >= 15 is 0 Å². The third-order valence-electron chi connectivity index (χ3n) is 2.22. The van der Waals surface area contributed by atoms with Crippen molar-refractivity contribution in [2.75, 3.05) is 0 Å². The highest BCUT2D eigenvalue weighted by atomic mass is 19.1. The predicted octanol–water partition coefficient (Wildman–Crippen LogP) is 2.28. The predicted molar refractivity (Wildman–Crippen MR) is 61.5 cm³/mol. The molecule has 0 aromatic heterocycles. The van der Waals surface area contributed by atoms with E-state index in [4.69, 9.17) is 6.42 Å². The number of amides is 1. The molecule has 1 unspecified atom stereocenters. The van der Waals surface area contributed by atoms with E-state index in [-0.39, 0.29) is 11.9 Å². The molecule has 1 aromatic rings. The van der Waals surface area contributed by atoms with Crippen molar-refractivity contribution >= 4 is 5.91 Å². The fourth-order valence-electron chi connectivity index (χ4n) is 1.37. The summed E-state index contributed by atoms with van der Waals surface area (Å²) < 4.78 is 13.1. The Kier molecular flexibility index (Phi) is 4.07. The van der Waals surface area contributed by atoms with Gasteiger partial charge >= 0.3 is 0 Å². The minimum Gasteiger partial charge on any atom is -0.338 e. The average Bonchev–Trinajstić information content (AvgIpc) is 2.24. The Morgan fingerprint density at radius 2 is 2.25 bits per heavy atom. The minimum absolute atomic E-state index is 0.297. The van der Waals surface area contributed by atoms with E-state index in [2.05, 4.69) is 11.2 Å². The highest BCUT2D eigenvalue weighted by molar-refractivity contribution is 5.94. The van der Waals surface area contributed by atoms with Gasteiger partial charge in [-0.15, -0.1) is 6.42 Å². The lowest BCUT2D eigenvalue weighted by atomic mass is 10.1. The van der Waals surface area contributed by atoms with Crippen LogP contribution in [0, 0.1) is 25.1 Å². The second-order valence-electron chi connectivity index (χ2n) is 3.62. The van der Waals surface area contributed by atoms with Gasteiger partial charge in [-0.3, -0.25) is 4.79 Å². The Morgan fingerprint density at radius 1 is 1.56 bits per heavy atom. The zero-order valence-electron chi connectivity index (χ0n) is 9.38. The molecule has 0 spiro atoms. The SMILES string of the molecule is C#CC(CC)NC(=O)c1cc(C)cc(F)c1. The number of nitrogens with one attached hydrogen (secondary N) is 1. The number of halogens is 1. The van der Waals surface area contributed by atoms with Gasteiger partial charge in [-0.05, 0) is 37.1 Å². The second kappa shape index (κ2) is 5.32. The molecule has 0 aliphatic heterocycles. The van der Waals surface area contributed by atoms with E-state index in [1.165, 1.54) is 12.1 Å². The first kappa shape index (κ1) is 12.3. The van der Waals surface area contributed by atoms with Gasteiger partial charge in [-0.25, -0.2) is 4.39 Å². The molecule has 1 aromatic carbocycles. The standard InChI is InChI=1S/C13H14FNO/c1-4-12(5-2)15-13(16)10-6-9(3)7-11(14)8-10/h1,6-8,12H,5H2,2-3H3,(H,15,16). The summed E-state index contributed by atoms with van der Waals surface area (Å²) in [5.74, 6) is 1.70. The number of carbonyl (C=O) groups is 1. The van der Waals surface area contributed by atoms with Crippen LogP contribution in [-0.2, 0) is 0 Å². The molecule has 0 saturated heterocycles. The van der Waals surface area contributed by atoms with Crippen LogP contribution in [-0.4, -0.2) is 11.9 Å². The molecule has 3 heteroatoms. The summed E-state index contributed by atoms with van der Waals surface area (Å²) in [6.07, 6.45) is 5.88. The van der Waals surface area contributed by atoms with E-state index in [9.17, 15) is 9.18 Å². The van der Waals surface area contributed by atoms with E-state index < -0.39 is 5.82 Å². The third kappa shape index (κ3) is 3.09. The monoisotopic (exact) mass is 219 g/mol. The molecule has 0 heterocycles. The first-order valence-electron chi connectivity index (χ1n) is 5.11. The quantitative estimate of drug-likeness (QED) is 0.776. The van der Waals surface area contributed by atoms with Crippen LogP contribution in [0.3, 0.4) is 0 Å². The van der Waals surface area contributed by atoms with E-state index in [0.717, 1.165) is 0 Å². The van der Waals surface area contributed by atoms with Crippen LogP contribution in [0.15, 0.2) is 18.2 Å². The van der Waals surface area contributed by atoms with Gasteiger partial charge in [-0.1, -0.05) is 12.8 Å². The molecule has 2 nitrogen and oxygen atoms in total. The first-order chi connectivity index (χ1) is 7.56. The van der Waals surface area contributed by atoms with Gasteiger partial charge in [0.2, 0.25) is 0 Å². The van der Waals surface area contributed by atoms with Crippen molar-refractivity contribution in [1.82, 2.24) is 5.32 Å². The van der Waals surface area contributed by atoms with Crippen molar-refractivity contribution in [2.45, 2.75) is 26.3 Å². The summed E-state index contributed by atoms with van der Waals surface area (Å²) in [6, 6.07) is 3.89. The summed E-state index contributed by atoms with van der Waals surface area (Å²) in [4.78, 5) is 11.7. The molecule has 1 N–H and O–H groups in total. The second-order valence-corrected chi connectivity index (χ2v) is 3.62. The largest absolute Gasteiger partial charge is 0.338 e. The van der Waals surface area contributed by atoms with Crippen LogP contribution in [0.1, 0.15) is 29.3 Å². The minimum atomic E-state index is -0.418. The third-order valence-corrected chi connectivity index (χ3v) is 2.22. The molecular weight excluding hydrogens is 205 g/mol. The number of carbonyl (C=O) groups excluding carboxylic acids is 1. The molecule has 16 heavy (non-hydrogen) atoms. The maximum Gasteiger partial charge on any atom is 0.252 e. The number of benzene rings is 1. The lowest BCUT2D eigenvalue weighted by molar-refractivity contribution is 0.0944. The Morgan fingerprint density at radius 3 is 2.75 bits per heavy atom. The number of hydrogen-bond donors (Lipinski definition) is 1. The molecule has 0 radical (unpaired) electrons. The maximum absolute atomic E-state index is 13.1. The lowest BCUT2D eigenvalue weighted by Crippen LogP contribution is -2.33. The summed E-state index contributed by atoms with van der Waals surface area (Å²) in [5, 5.41) is 2.65. The lowest BCUT2D eigenvalue weighted by Gasteiger charge is -2.11. The molecule has 0 bridgehead atoms. The van der Waals surface area contributed by atoms with Gasteiger partial charge < -0.3 is 5.32 Å². The smallest absolute Gasteiger partial charge is 0.252 e. The molecule has 0 aliphatic carbocycles. The molecule has 1 rings (SSSR count). The average molecular weight is 219 g/mol. The van der Waals surface area contributed by atoms with E-state index in [1.54, 1.807) is 13.0 Å². The zero-order valence-corrected chi connectivity index (χ0v) is 9.38. The summed E-state index contributed by atoms with van der Waals surface area (Å²) in [7, 11) is 0. The zero-order chi connectivity index (χ0) is 12.1. The van der Waals surface area contributed by atoms with Crippen molar-refractivity contribution < 1.29 is 9.18 Å². The van der Waals surface area contributed by atoms with Crippen molar-refractivity contribution in [1.29, 1.82) is 0 Å². The Hall–Kier alpha value is -1.82. The van der Waals surface area contributed by atoms with E-state index in [1.807, 2.05) is 6.92 Å². The fourth-order valence-corrected chi connectivity index (χ4v) is 1.37. The molecule has 0 saturated carbocycles. The number of terminal acetylenes is 1. The molecular formula is C13H14FNO. The molecule has 0 aliphatic rings. The van der Waals surface area contributed by atoms with Gasteiger partial charge in [-0.2, -0.15) is 0 Å². The van der Waals surface area contributed by atoms with Crippen LogP contribution >= 0.6 is 0 Å². The molecule has 1 atom stereocenters. The summed E-state index contributed by atoms with van der Waals surface area (Å²) in [6.45, 7) is 3.61. The van der Waals surface area contributed by atoms with Gasteiger partial charge in [0.05, 0.1) is 6.04 Å². The van der Waals surface area contributed by atoms with Gasteiger partial charge in [0.25, 0.3) is 5.91 Å². The van der Waals surface area contributed by atoms with Gasteiger partial charge in [0.15, 0.2) is 0 Å². The highest BCUT2D eigenvalue weighted by Crippen LogP contribution is 2.08. The summed E-state index contributed by atoms with van der Waals surface area (Å²) >= 11 is 0. The fraction of sp³-hybridized carbons (Fsp3) is 0.308. The molecule has 0 fully saturated rings. The maximum atomic E-state index is 13.1. The Labute approximate surface area is 94.9 Å². The molecule has 84 valence electrons. The van der Waals surface area contributed by atoms with Crippen LogP contribution in [0.25, 0.3) is 0 Å². The number of rotatable bonds is 3. The molecule has 1 amide bonds. The topological polar surface area (TPSA) is 29.1 Å². The van der Waals surface area contributed by atoms with Gasteiger partial charge in [0.1, 0.15) is 5.82 Å². The first-order valence-corrected chi connectivity index (χ1v) is 5.11. The number of aryl methyl sites for hydroxylation is 1. The van der Waals surface area contributed by atoms with Gasteiger partial charge in [0, 0.05) is 5.56 Å².